The number of benzene rings is 2. The van der Waals surface area contributed by atoms with Crippen molar-refractivity contribution < 1.29 is 19.7 Å². The van der Waals surface area contributed by atoms with Gasteiger partial charge in [0.15, 0.2) is 23.0 Å². The Morgan fingerprint density at radius 2 is 1.17 bits per heavy atom. The van der Waals surface area contributed by atoms with Crippen molar-refractivity contribution in [3.8, 4) is 23.0 Å². The molecule has 0 bridgehead atoms. The Labute approximate surface area is 179 Å². The van der Waals surface area contributed by atoms with E-state index in [0.717, 1.165) is 37.3 Å². The highest BCUT2D eigenvalue weighted by molar-refractivity contribution is 5.61. The molecular formula is C24H34N2O4. The van der Waals surface area contributed by atoms with E-state index in [1.165, 1.54) is 0 Å². The molecular weight excluding hydrogens is 380 g/mol. The van der Waals surface area contributed by atoms with E-state index in [0.29, 0.717) is 24.7 Å². The minimum absolute atomic E-state index is 0.176. The van der Waals surface area contributed by atoms with Crippen LogP contribution in [0.5, 0.6) is 23.0 Å². The van der Waals surface area contributed by atoms with Gasteiger partial charge in [-0.15, -0.1) is 0 Å². The standard InChI is InChI=1S/C24H34N2O4/c1-5-11-29-23-13-19(7-9-21(23)27)25-15-18(4)26(16-17(25)3)20-8-10-22(28)24(14-20)30-12-6-2/h7-10,13-14,17-18,27-28H,5-6,11-12,15-16H2,1-4H3. The molecule has 1 heterocycles. The lowest BCUT2D eigenvalue weighted by atomic mass is 10.1. The number of ether oxygens (including phenoxy) is 2. The monoisotopic (exact) mass is 414 g/mol. The zero-order valence-electron chi connectivity index (χ0n) is 18.5. The average Bonchev–Trinajstić information content (AvgIpc) is 2.74. The van der Waals surface area contributed by atoms with Crippen LogP contribution in [0.2, 0.25) is 0 Å². The predicted octanol–water partition coefficient (Wildman–Crippen LogP) is 4.78. The molecule has 2 aromatic rings. The Morgan fingerprint density at radius 3 is 1.53 bits per heavy atom. The summed E-state index contributed by atoms with van der Waals surface area (Å²) in [5.74, 6) is 1.42. The third-order valence-corrected chi connectivity index (χ3v) is 5.46. The van der Waals surface area contributed by atoms with Crippen LogP contribution in [0.25, 0.3) is 0 Å². The first-order chi connectivity index (χ1) is 14.4. The highest BCUT2D eigenvalue weighted by Gasteiger charge is 2.30. The van der Waals surface area contributed by atoms with Gasteiger partial charge in [0.1, 0.15) is 0 Å². The van der Waals surface area contributed by atoms with Gasteiger partial charge in [0.2, 0.25) is 0 Å². The Hall–Kier alpha value is -2.76. The summed E-state index contributed by atoms with van der Waals surface area (Å²) in [5, 5.41) is 20.2. The molecule has 1 saturated heterocycles. The second-order valence-electron chi connectivity index (χ2n) is 8.00. The van der Waals surface area contributed by atoms with Gasteiger partial charge in [0.25, 0.3) is 0 Å². The predicted molar refractivity (Wildman–Crippen MR) is 121 cm³/mol. The highest BCUT2D eigenvalue weighted by Crippen LogP contribution is 2.36. The van der Waals surface area contributed by atoms with Crippen molar-refractivity contribution in [2.75, 3.05) is 36.1 Å². The maximum Gasteiger partial charge on any atom is 0.162 e. The molecule has 1 fully saturated rings. The first kappa shape index (κ1) is 21.9. The quantitative estimate of drug-likeness (QED) is 0.648. The molecule has 2 atom stereocenters. The number of piperazine rings is 1. The van der Waals surface area contributed by atoms with Crippen molar-refractivity contribution in [1.29, 1.82) is 0 Å². The van der Waals surface area contributed by atoms with Gasteiger partial charge < -0.3 is 29.5 Å². The van der Waals surface area contributed by atoms with E-state index >= 15 is 0 Å². The first-order valence-electron chi connectivity index (χ1n) is 10.9. The van der Waals surface area contributed by atoms with Crippen LogP contribution >= 0.6 is 0 Å². The molecule has 0 radical (unpaired) electrons. The van der Waals surface area contributed by atoms with E-state index in [1.54, 1.807) is 12.1 Å². The average molecular weight is 415 g/mol. The smallest absolute Gasteiger partial charge is 0.162 e. The number of hydrogen-bond donors (Lipinski definition) is 2. The maximum absolute atomic E-state index is 10.1. The van der Waals surface area contributed by atoms with Gasteiger partial charge in [-0.25, -0.2) is 0 Å². The van der Waals surface area contributed by atoms with Crippen LogP contribution in [-0.4, -0.2) is 48.6 Å². The molecule has 6 nitrogen and oxygen atoms in total. The van der Waals surface area contributed by atoms with Gasteiger partial charge in [0.05, 0.1) is 13.2 Å². The lowest BCUT2D eigenvalue weighted by molar-refractivity contribution is 0.299. The number of hydrogen-bond acceptors (Lipinski definition) is 6. The molecule has 0 amide bonds. The molecule has 1 aliphatic heterocycles. The van der Waals surface area contributed by atoms with Crippen LogP contribution in [0, 0.1) is 0 Å². The summed E-state index contributed by atoms with van der Waals surface area (Å²) < 4.78 is 11.4. The number of rotatable bonds is 8. The van der Waals surface area contributed by atoms with Crippen molar-refractivity contribution in [2.45, 2.75) is 52.6 Å². The molecule has 0 spiro atoms. The van der Waals surface area contributed by atoms with Crippen LogP contribution in [0.15, 0.2) is 36.4 Å². The summed E-state index contributed by atoms with van der Waals surface area (Å²) in [4.78, 5) is 4.71. The summed E-state index contributed by atoms with van der Waals surface area (Å²) in [7, 11) is 0. The molecule has 1 aliphatic rings. The van der Waals surface area contributed by atoms with Gasteiger partial charge in [-0.05, 0) is 51.0 Å². The second-order valence-corrected chi connectivity index (χ2v) is 8.00. The van der Waals surface area contributed by atoms with Crippen molar-refractivity contribution in [3.05, 3.63) is 36.4 Å². The highest BCUT2D eigenvalue weighted by atomic mass is 16.5. The molecule has 0 aliphatic carbocycles. The topological polar surface area (TPSA) is 65.4 Å². The third kappa shape index (κ3) is 4.86. The molecule has 0 aromatic heterocycles. The first-order valence-corrected chi connectivity index (χ1v) is 10.9. The minimum Gasteiger partial charge on any atom is -0.504 e. The number of anilines is 2. The van der Waals surface area contributed by atoms with Crippen LogP contribution in [0.4, 0.5) is 11.4 Å². The van der Waals surface area contributed by atoms with Crippen LogP contribution in [0.3, 0.4) is 0 Å². The SMILES string of the molecule is CCCOc1cc(N2CC(C)N(c3ccc(O)c(OCCC)c3)CC2C)ccc1O. The summed E-state index contributed by atoms with van der Waals surface area (Å²) in [6.45, 7) is 11.3. The Balaban J connectivity index is 1.77. The normalized spacial score (nSPS) is 19.1. The fraction of sp³-hybridized carbons (Fsp3) is 0.500. The zero-order chi connectivity index (χ0) is 21.7. The van der Waals surface area contributed by atoms with Crippen molar-refractivity contribution in [2.24, 2.45) is 0 Å². The number of phenolic OH excluding ortho intramolecular Hbond substituents is 2. The molecule has 2 N–H and O–H groups in total. The Kier molecular flexibility index (Phi) is 7.19. The fourth-order valence-corrected chi connectivity index (χ4v) is 3.86. The van der Waals surface area contributed by atoms with E-state index in [-0.39, 0.29) is 23.6 Å². The van der Waals surface area contributed by atoms with E-state index < -0.39 is 0 Å². The lowest BCUT2D eigenvalue weighted by Gasteiger charge is -2.46. The van der Waals surface area contributed by atoms with Gasteiger partial charge in [0, 0.05) is 48.7 Å². The number of nitrogens with zero attached hydrogens (tertiary/aromatic N) is 2. The maximum atomic E-state index is 10.1. The summed E-state index contributed by atoms with van der Waals surface area (Å²) in [5.41, 5.74) is 2.10. The number of phenols is 2. The number of aromatic hydroxyl groups is 2. The van der Waals surface area contributed by atoms with Crippen LogP contribution < -0.4 is 19.3 Å². The summed E-state index contributed by atoms with van der Waals surface area (Å²) in [6, 6.07) is 11.7. The van der Waals surface area contributed by atoms with Crippen molar-refractivity contribution in [3.63, 3.8) is 0 Å². The van der Waals surface area contributed by atoms with Crippen LogP contribution in [0.1, 0.15) is 40.5 Å². The van der Waals surface area contributed by atoms with Gasteiger partial charge >= 0.3 is 0 Å². The zero-order valence-corrected chi connectivity index (χ0v) is 18.5. The van der Waals surface area contributed by atoms with Gasteiger partial charge in [-0.1, -0.05) is 13.8 Å². The van der Waals surface area contributed by atoms with Gasteiger partial charge in [-0.2, -0.15) is 0 Å². The van der Waals surface area contributed by atoms with E-state index in [4.69, 9.17) is 9.47 Å². The third-order valence-electron chi connectivity index (χ3n) is 5.46. The fourth-order valence-electron chi connectivity index (χ4n) is 3.86. The molecule has 3 rings (SSSR count). The second kappa shape index (κ2) is 9.83. The van der Waals surface area contributed by atoms with E-state index in [9.17, 15) is 10.2 Å². The lowest BCUT2D eigenvalue weighted by Crippen LogP contribution is -2.56. The van der Waals surface area contributed by atoms with E-state index in [2.05, 4.69) is 23.6 Å². The molecule has 2 aromatic carbocycles. The van der Waals surface area contributed by atoms with Gasteiger partial charge in [-0.3, -0.25) is 0 Å². The molecule has 164 valence electrons. The minimum atomic E-state index is 0.176. The van der Waals surface area contributed by atoms with E-state index in [1.807, 2.05) is 38.1 Å². The molecule has 6 heteroatoms. The Morgan fingerprint density at radius 1 is 0.767 bits per heavy atom. The van der Waals surface area contributed by atoms with Crippen molar-refractivity contribution in [1.82, 2.24) is 0 Å². The molecule has 30 heavy (non-hydrogen) atoms. The summed E-state index contributed by atoms with van der Waals surface area (Å²) >= 11 is 0. The summed E-state index contributed by atoms with van der Waals surface area (Å²) in [6.07, 6.45) is 1.79. The Bertz CT molecular complexity index is 772. The molecule has 0 saturated carbocycles. The molecule has 2 unspecified atom stereocenters. The van der Waals surface area contributed by atoms with Crippen LogP contribution in [-0.2, 0) is 0 Å². The largest absolute Gasteiger partial charge is 0.504 e. The van der Waals surface area contributed by atoms with Crippen molar-refractivity contribution >= 4 is 11.4 Å².